The summed E-state index contributed by atoms with van der Waals surface area (Å²) in [5.41, 5.74) is 3.52. The first kappa shape index (κ1) is 9.66. The summed E-state index contributed by atoms with van der Waals surface area (Å²) in [6.07, 6.45) is 4.53. The fourth-order valence-corrected chi connectivity index (χ4v) is 1.53. The van der Waals surface area contributed by atoms with Crippen LogP contribution in [0.5, 0.6) is 0 Å². The van der Waals surface area contributed by atoms with Crippen LogP contribution in [0.3, 0.4) is 0 Å². The Morgan fingerprint density at radius 2 is 1.87 bits per heavy atom. The Hall–Kier alpha value is -1.89. The van der Waals surface area contributed by atoms with Crippen LogP contribution in [-0.2, 0) is 6.42 Å². The number of pyridine rings is 1. The van der Waals surface area contributed by atoms with Crippen molar-refractivity contribution in [2.24, 2.45) is 0 Å². The smallest absolute Gasteiger partial charge is 0.0303 e. The highest BCUT2D eigenvalue weighted by Gasteiger charge is 1.99. The van der Waals surface area contributed by atoms with Gasteiger partial charge in [-0.25, -0.2) is 0 Å². The summed E-state index contributed by atoms with van der Waals surface area (Å²) in [6.45, 7) is 4.09. The third-order valence-electron chi connectivity index (χ3n) is 2.32. The van der Waals surface area contributed by atoms with Crippen molar-refractivity contribution in [1.29, 1.82) is 0 Å². The normalized spacial score (nSPS) is 9.87. The lowest BCUT2D eigenvalue weighted by atomic mass is 10.0. The van der Waals surface area contributed by atoms with E-state index in [-0.39, 0.29) is 0 Å². The first-order chi connectivity index (χ1) is 7.36. The second kappa shape index (κ2) is 4.56. The van der Waals surface area contributed by atoms with Gasteiger partial charge >= 0.3 is 0 Å². The zero-order valence-electron chi connectivity index (χ0n) is 8.56. The van der Waals surface area contributed by atoms with E-state index in [9.17, 15) is 0 Å². The van der Waals surface area contributed by atoms with Gasteiger partial charge in [-0.05, 0) is 29.2 Å². The van der Waals surface area contributed by atoms with Crippen molar-refractivity contribution in [2.75, 3.05) is 0 Å². The van der Waals surface area contributed by atoms with Crippen molar-refractivity contribution in [3.63, 3.8) is 0 Å². The van der Waals surface area contributed by atoms with Crippen molar-refractivity contribution in [3.8, 4) is 0 Å². The molecule has 0 spiro atoms. The van der Waals surface area contributed by atoms with Crippen LogP contribution in [0, 0.1) is 0 Å². The Morgan fingerprint density at radius 1 is 1.07 bits per heavy atom. The summed E-state index contributed by atoms with van der Waals surface area (Å²) in [5, 5.41) is 0. The van der Waals surface area contributed by atoms with Crippen molar-refractivity contribution in [2.45, 2.75) is 6.42 Å². The molecule has 0 radical (unpaired) electrons. The van der Waals surface area contributed by atoms with Gasteiger partial charge in [0.15, 0.2) is 0 Å². The summed E-state index contributed by atoms with van der Waals surface area (Å²) in [7, 11) is 0. The predicted octanol–water partition coefficient (Wildman–Crippen LogP) is 3.34. The van der Waals surface area contributed by atoms with Crippen molar-refractivity contribution in [1.82, 2.24) is 4.98 Å². The van der Waals surface area contributed by atoms with Gasteiger partial charge in [0, 0.05) is 12.4 Å². The van der Waals surface area contributed by atoms with Crippen LogP contribution >= 0.6 is 0 Å². The van der Waals surface area contributed by atoms with Crippen LogP contribution < -0.4 is 0 Å². The fourth-order valence-electron chi connectivity index (χ4n) is 1.53. The van der Waals surface area contributed by atoms with Gasteiger partial charge in [0.05, 0.1) is 0 Å². The summed E-state index contributed by atoms with van der Waals surface area (Å²) in [6, 6.07) is 14.3. The molecule has 2 rings (SSSR count). The third kappa shape index (κ3) is 2.53. The maximum Gasteiger partial charge on any atom is 0.0303 e. The maximum atomic E-state index is 4.09. The molecule has 74 valence electrons. The van der Waals surface area contributed by atoms with E-state index < -0.39 is 0 Å². The number of nitrogens with zero attached hydrogens (tertiary/aromatic N) is 1. The molecule has 1 nitrogen and oxygen atoms in total. The Morgan fingerprint density at radius 3 is 2.53 bits per heavy atom. The summed E-state index contributed by atoms with van der Waals surface area (Å²) in [4.78, 5) is 4.09. The Labute approximate surface area is 90.1 Å². The molecular weight excluding hydrogens is 182 g/mol. The number of aromatic nitrogens is 1. The maximum absolute atomic E-state index is 4.09. The molecule has 0 bridgehead atoms. The first-order valence-electron chi connectivity index (χ1n) is 4.98. The Bertz CT molecular complexity index is 431. The van der Waals surface area contributed by atoms with Gasteiger partial charge in [-0.2, -0.15) is 0 Å². The predicted molar refractivity (Wildman–Crippen MR) is 63.4 cm³/mol. The van der Waals surface area contributed by atoms with Crippen LogP contribution in [0.2, 0.25) is 0 Å². The lowest BCUT2D eigenvalue weighted by Gasteiger charge is -2.05. The van der Waals surface area contributed by atoms with Crippen LogP contribution in [-0.4, -0.2) is 4.98 Å². The van der Waals surface area contributed by atoms with Gasteiger partial charge in [0.1, 0.15) is 0 Å². The minimum atomic E-state index is 0.859. The molecule has 1 aromatic carbocycles. The highest BCUT2D eigenvalue weighted by atomic mass is 14.6. The van der Waals surface area contributed by atoms with Crippen LogP contribution in [0.1, 0.15) is 11.1 Å². The minimum absolute atomic E-state index is 0.859. The molecule has 0 aliphatic carbocycles. The largest absolute Gasteiger partial charge is 0.264 e. The standard InChI is InChI=1S/C14H13N/c1-12(14-7-3-2-4-8-14)10-13-6-5-9-15-11-13/h2-9,11H,1,10H2. The first-order valence-corrected chi connectivity index (χ1v) is 4.98. The van der Waals surface area contributed by atoms with E-state index in [1.807, 2.05) is 30.5 Å². The second-order valence-corrected chi connectivity index (χ2v) is 3.51. The molecule has 0 unspecified atom stereocenters. The molecule has 0 atom stereocenters. The number of rotatable bonds is 3. The molecule has 15 heavy (non-hydrogen) atoms. The van der Waals surface area contributed by atoms with E-state index in [0.717, 1.165) is 12.0 Å². The van der Waals surface area contributed by atoms with Gasteiger partial charge in [-0.15, -0.1) is 0 Å². The summed E-state index contributed by atoms with van der Waals surface area (Å²) >= 11 is 0. The van der Waals surface area contributed by atoms with Gasteiger partial charge in [-0.3, -0.25) is 4.98 Å². The molecule has 1 heterocycles. The van der Waals surface area contributed by atoms with E-state index in [4.69, 9.17) is 0 Å². The third-order valence-corrected chi connectivity index (χ3v) is 2.32. The van der Waals surface area contributed by atoms with Gasteiger partial charge < -0.3 is 0 Å². The number of hydrogen-bond acceptors (Lipinski definition) is 1. The molecule has 0 saturated heterocycles. The minimum Gasteiger partial charge on any atom is -0.264 e. The lowest BCUT2D eigenvalue weighted by molar-refractivity contribution is 1.20. The molecular formula is C14H13N. The van der Waals surface area contributed by atoms with Crippen molar-refractivity contribution < 1.29 is 0 Å². The van der Waals surface area contributed by atoms with E-state index in [1.165, 1.54) is 11.1 Å². The average molecular weight is 195 g/mol. The topological polar surface area (TPSA) is 12.9 Å². The zero-order valence-corrected chi connectivity index (χ0v) is 8.56. The average Bonchev–Trinajstić information content (AvgIpc) is 2.31. The lowest BCUT2D eigenvalue weighted by Crippen LogP contribution is -1.89. The van der Waals surface area contributed by atoms with Crippen LogP contribution in [0.25, 0.3) is 5.57 Å². The molecule has 1 heteroatoms. The monoisotopic (exact) mass is 195 g/mol. The highest BCUT2D eigenvalue weighted by Crippen LogP contribution is 2.16. The molecule has 0 amide bonds. The highest BCUT2D eigenvalue weighted by molar-refractivity contribution is 5.65. The van der Waals surface area contributed by atoms with E-state index >= 15 is 0 Å². The number of hydrogen-bond donors (Lipinski definition) is 0. The summed E-state index contributed by atoms with van der Waals surface area (Å²) < 4.78 is 0. The molecule has 1 aromatic heterocycles. The van der Waals surface area contributed by atoms with E-state index in [1.54, 1.807) is 6.20 Å². The molecule has 0 fully saturated rings. The zero-order chi connectivity index (χ0) is 10.5. The van der Waals surface area contributed by atoms with Crippen molar-refractivity contribution >= 4 is 5.57 Å². The van der Waals surface area contributed by atoms with E-state index in [0.29, 0.717) is 0 Å². The van der Waals surface area contributed by atoms with Gasteiger partial charge in [0.25, 0.3) is 0 Å². The summed E-state index contributed by atoms with van der Waals surface area (Å²) in [5.74, 6) is 0. The fraction of sp³-hybridized carbons (Fsp3) is 0.0714. The van der Waals surface area contributed by atoms with E-state index in [2.05, 4.69) is 29.8 Å². The molecule has 0 N–H and O–H groups in total. The quantitative estimate of drug-likeness (QED) is 0.732. The van der Waals surface area contributed by atoms with Crippen LogP contribution in [0.15, 0.2) is 61.4 Å². The Balaban J connectivity index is 2.12. The molecule has 2 aromatic rings. The van der Waals surface area contributed by atoms with Gasteiger partial charge in [0.2, 0.25) is 0 Å². The number of benzene rings is 1. The van der Waals surface area contributed by atoms with Crippen LogP contribution in [0.4, 0.5) is 0 Å². The number of allylic oxidation sites excluding steroid dienone is 1. The molecule has 0 saturated carbocycles. The molecule has 0 aliphatic heterocycles. The van der Waals surface area contributed by atoms with Crippen molar-refractivity contribution in [3.05, 3.63) is 72.6 Å². The SMILES string of the molecule is C=C(Cc1cccnc1)c1ccccc1. The molecule has 0 aliphatic rings. The Kier molecular flexibility index (Phi) is 2.93. The van der Waals surface area contributed by atoms with Gasteiger partial charge in [-0.1, -0.05) is 43.0 Å². The second-order valence-electron chi connectivity index (χ2n) is 3.51.